The molecular formula is C21H22ClN3O5S. The molecule has 2 heterocycles. The SMILES string of the molecule is Cc1cc(C)c2onc(CC(=O)Nc3cc(S(=O)(=O)N4CCOCC4)ccc3Cl)c2c1. The summed E-state index contributed by atoms with van der Waals surface area (Å²) in [6, 6.07) is 8.17. The summed E-state index contributed by atoms with van der Waals surface area (Å²) in [6.45, 7) is 5.14. The number of sulfonamides is 1. The lowest BCUT2D eigenvalue weighted by Gasteiger charge is -2.26. The number of rotatable bonds is 5. The summed E-state index contributed by atoms with van der Waals surface area (Å²) in [5.74, 6) is -0.378. The highest BCUT2D eigenvalue weighted by Gasteiger charge is 2.27. The van der Waals surface area contributed by atoms with E-state index in [1.807, 2.05) is 26.0 Å². The second kappa shape index (κ2) is 8.58. The second-order valence-electron chi connectivity index (χ2n) is 7.47. The standard InChI is InChI=1S/C21H22ClN3O5S/c1-13-9-14(2)21-16(10-13)18(24-30-21)12-20(26)23-19-11-15(3-4-17(19)22)31(27,28)25-5-7-29-8-6-25/h3-4,9-11H,5-8,12H2,1-2H3,(H,23,26). The Balaban J connectivity index is 1.55. The van der Waals surface area contributed by atoms with Crippen LogP contribution in [-0.4, -0.2) is 50.1 Å². The molecule has 0 unspecified atom stereocenters. The van der Waals surface area contributed by atoms with Gasteiger partial charge in [-0.25, -0.2) is 8.42 Å². The van der Waals surface area contributed by atoms with E-state index >= 15 is 0 Å². The van der Waals surface area contributed by atoms with Gasteiger partial charge in [-0.1, -0.05) is 22.8 Å². The van der Waals surface area contributed by atoms with Gasteiger partial charge in [0.15, 0.2) is 5.58 Å². The van der Waals surface area contributed by atoms with Crippen molar-refractivity contribution in [3.8, 4) is 0 Å². The van der Waals surface area contributed by atoms with Gasteiger partial charge < -0.3 is 14.6 Å². The number of halogens is 1. The Labute approximate surface area is 185 Å². The van der Waals surface area contributed by atoms with E-state index in [9.17, 15) is 13.2 Å². The Morgan fingerprint density at radius 1 is 1.19 bits per heavy atom. The van der Waals surface area contributed by atoms with Crippen LogP contribution in [0, 0.1) is 13.8 Å². The highest BCUT2D eigenvalue weighted by atomic mass is 35.5. The maximum Gasteiger partial charge on any atom is 0.243 e. The van der Waals surface area contributed by atoms with Crippen LogP contribution in [0.4, 0.5) is 5.69 Å². The molecule has 1 N–H and O–H groups in total. The summed E-state index contributed by atoms with van der Waals surface area (Å²) in [5, 5.41) is 7.76. The van der Waals surface area contributed by atoms with Crippen molar-refractivity contribution in [1.82, 2.24) is 9.46 Å². The van der Waals surface area contributed by atoms with Crippen molar-refractivity contribution >= 4 is 44.2 Å². The van der Waals surface area contributed by atoms with E-state index in [1.54, 1.807) is 0 Å². The molecule has 0 spiro atoms. The molecular weight excluding hydrogens is 442 g/mol. The van der Waals surface area contributed by atoms with E-state index in [2.05, 4.69) is 10.5 Å². The number of ether oxygens (including phenoxy) is 1. The number of carbonyl (C=O) groups is 1. The third kappa shape index (κ3) is 4.45. The topological polar surface area (TPSA) is 102 Å². The van der Waals surface area contributed by atoms with Gasteiger partial charge in [0.2, 0.25) is 15.9 Å². The van der Waals surface area contributed by atoms with Gasteiger partial charge in [-0.2, -0.15) is 4.31 Å². The predicted molar refractivity (Wildman–Crippen MR) is 117 cm³/mol. The van der Waals surface area contributed by atoms with E-state index < -0.39 is 10.0 Å². The molecule has 1 saturated heterocycles. The van der Waals surface area contributed by atoms with Gasteiger partial charge in [0.1, 0.15) is 5.69 Å². The van der Waals surface area contributed by atoms with Crippen molar-refractivity contribution in [3.63, 3.8) is 0 Å². The predicted octanol–water partition coefficient (Wildman–Crippen LogP) is 3.30. The molecule has 1 aliphatic rings. The lowest BCUT2D eigenvalue weighted by Crippen LogP contribution is -2.40. The van der Waals surface area contributed by atoms with Gasteiger partial charge in [0, 0.05) is 18.5 Å². The first kappa shape index (κ1) is 21.8. The van der Waals surface area contributed by atoms with Gasteiger partial charge in [0.25, 0.3) is 0 Å². The Bertz CT molecular complexity index is 1250. The highest BCUT2D eigenvalue weighted by Crippen LogP contribution is 2.28. The third-order valence-corrected chi connectivity index (χ3v) is 7.35. The van der Waals surface area contributed by atoms with Crippen molar-refractivity contribution in [2.24, 2.45) is 0 Å². The molecule has 0 saturated carbocycles. The molecule has 2 aromatic carbocycles. The number of nitrogens with zero attached hydrogens (tertiary/aromatic N) is 2. The van der Waals surface area contributed by atoms with E-state index in [-0.39, 0.29) is 41.0 Å². The number of fused-ring (bicyclic) bond motifs is 1. The summed E-state index contributed by atoms with van der Waals surface area (Å²) in [4.78, 5) is 12.7. The number of carbonyl (C=O) groups excluding carboxylic acids is 1. The number of aryl methyl sites for hydroxylation is 2. The molecule has 0 aliphatic carbocycles. The quantitative estimate of drug-likeness (QED) is 0.623. The first-order valence-corrected chi connectivity index (χ1v) is 11.6. The molecule has 164 valence electrons. The van der Waals surface area contributed by atoms with Crippen LogP contribution in [0.3, 0.4) is 0 Å². The van der Waals surface area contributed by atoms with Crippen molar-refractivity contribution < 1.29 is 22.5 Å². The number of amides is 1. The number of aromatic nitrogens is 1. The fourth-order valence-electron chi connectivity index (χ4n) is 3.61. The molecule has 0 atom stereocenters. The highest BCUT2D eigenvalue weighted by molar-refractivity contribution is 7.89. The van der Waals surface area contributed by atoms with Crippen molar-refractivity contribution in [2.45, 2.75) is 25.2 Å². The first-order chi connectivity index (χ1) is 14.8. The van der Waals surface area contributed by atoms with E-state index in [4.69, 9.17) is 20.9 Å². The Morgan fingerprint density at radius 2 is 1.94 bits per heavy atom. The normalized spacial score (nSPS) is 15.3. The summed E-state index contributed by atoms with van der Waals surface area (Å²) >= 11 is 6.22. The number of hydrogen-bond donors (Lipinski definition) is 1. The zero-order chi connectivity index (χ0) is 22.2. The van der Waals surface area contributed by atoms with Crippen LogP contribution >= 0.6 is 11.6 Å². The molecule has 31 heavy (non-hydrogen) atoms. The minimum atomic E-state index is -3.71. The molecule has 1 aliphatic heterocycles. The molecule has 3 aromatic rings. The Kier molecular flexibility index (Phi) is 6.02. The zero-order valence-electron chi connectivity index (χ0n) is 17.1. The van der Waals surface area contributed by atoms with Gasteiger partial charge in [-0.15, -0.1) is 0 Å². The van der Waals surface area contributed by atoms with E-state index in [0.29, 0.717) is 24.5 Å². The van der Waals surface area contributed by atoms with Crippen LogP contribution in [0.15, 0.2) is 39.8 Å². The second-order valence-corrected chi connectivity index (χ2v) is 9.82. The number of hydrogen-bond acceptors (Lipinski definition) is 6. The smallest absolute Gasteiger partial charge is 0.243 e. The molecule has 4 rings (SSSR count). The van der Waals surface area contributed by atoms with Crippen molar-refractivity contribution in [2.75, 3.05) is 31.6 Å². The first-order valence-electron chi connectivity index (χ1n) is 9.78. The molecule has 10 heteroatoms. The minimum Gasteiger partial charge on any atom is -0.379 e. The Hall–Kier alpha value is -2.46. The minimum absolute atomic E-state index is 0.0351. The van der Waals surface area contributed by atoms with E-state index in [1.165, 1.54) is 22.5 Å². The van der Waals surface area contributed by atoms with E-state index in [0.717, 1.165) is 16.5 Å². The zero-order valence-corrected chi connectivity index (χ0v) is 18.7. The maximum absolute atomic E-state index is 12.9. The fourth-order valence-corrected chi connectivity index (χ4v) is 5.21. The number of nitrogens with one attached hydrogen (secondary N) is 1. The van der Waals surface area contributed by atoms with Crippen LogP contribution in [0.1, 0.15) is 16.8 Å². The molecule has 1 aromatic heterocycles. The summed E-state index contributed by atoms with van der Waals surface area (Å²) in [7, 11) is -3.71. The monoisotopic (exact) mass is 463 g/mol. The Morgan fingerprint density at radius 3 is 2.68 bits per heavy atom. The average molecular weight is 464 g/mol. The van der Waals surface area contributed by atoms with Gasteiger partial charge in [-0.3, -0.25) is 4.79 Å². The summed E-state index contributed by atoms with van der Waals surface area (Å²) < 4.78 is 37.8. The fraction of sp³-hybridized carbons (Fsp3) is 0.333. The largest absolute Gasteiger partial charge is 0.379 e. The lowest BCUT2D eigenvalue weighted by atomic mass is 10.1. The average Bonchev–Trinajstić information content (AvgIpc) is 3.13. The molecule has 1 fully saturated rings. The van der Waals surface area contributed by atoms with Crippen LogP contribution < -0.4 is 5.32 Å². The summed E-state index contributed by atoms with van der Waals surface area (Å²) in [6.07, 6.45) is -0.0351. The van der Waals surface area contributed by atoms with Crippen LogP contribution in [-0.2, 0) is 26.0 Å². The van der Waals surface area contributed by atoms with Gasteiger partial charge in [-0.05, 0) is 49.2 Å². The molecule has 0 radical (unpaired) electrons. The van der Waals surface area contributed by atoms with Crippen molar-refractivity contribution in [3.05, 3.63) is 52.2 Å². The van der Waals surface area contributed by atoms with Crippen LogP contribution in [0.2, 0.25) is 5.02 Å². The van der Waals surface area contributed by atoms with Crippen LogP contribution in [0.5, 0.6) is 0 Å². The molecule has 1 amide bonds. The lowest BCUT2D eigenvalue weighted by molar-refractivity contribution is -0.115. The maximum atomic E-state index is 12.9. The van der Waals surface area contributed by atoms with Gasteiger partial charge in [0.05, 0.1) is 35.2 Å². The van der Waals surface area contributed by atoms with Crippen molar-refractivity contribution in [1.29, 1.82) is 0 Å². The molecule has 0 bridgehead atoms. The number of benzene rings is 2. The van der Waals surface area contributed by atoms with Crippen LogP contribution in [0.25, 0.3) is 11.0 Å². The third-order valence-electron chi connectivity index (χ3n) is 5.12. The number of morpholine rings is 1. The number of anilines is 1. The summed E-state index contributed by atoms with van der Waals surface area (Å²) in [5.41, 5.74) is 3.36. The molecule has 8 nitrogen and oxygen atoms in total. The van der Waals surface area contributed by atoms with Gasteiger partial charge >= 0.3 is 0 Å².